The van der Waals surface area contributed by atoms with Crippen LogP contribution in [0.1, 0.15) is 10.4 Å². The molecule has 1 aromatic rings. The Balaban J connectivity index is 3.03. The van der Waals surface area contributed by atoms with Gasteiger partial charge in [-0.15, -0.1) is 0 Å². The van der Waals surface area contributed by atoms with Crippen molar-refractivity contribution in [2.75, 3.05) is 26.0 Å². The summed E-state index contributed by atoms with van der Waals surface area (Å²) in [5.41, 5.74) is 0.0768. The molecule has 8 heteroatoms. The van der Waals surface area contributed by atoms with E-state index >= 15 is 0 Å². The Bertz CT molecular complexity index is 494. The van der Waals surface area contributed by atoms with Crippen molar-refractivity contribution in [3.05, 3.63) is 23.8 Å². The molecule has 1 rings (SSSR count). The van der Waals surface area contributed by atoms with Gasteiger partial charge in [-0.25, -0.2) is 4.79 Å². The average molecular weight is 288 g/mol. The van der Waals surface area contributed by atoms with Crippen LogP contribution in [-0.2, 0) is 9.53 Å². The summed E-state index contributed by atoms with van der Waals surface area (Å²) in [4.78, 5) is 22.7. The van der Waals surface area contributed by atoms with E-state index in [0.717, 1.165) is 6.07 Å². The van der Waals surface area contributed by atoms with Crippen LogP contribution in [0.5, 0.6) is 5.75 Å². The van der Waals surface area contributed by atoms with Gasteiger partial charge in [0, 0.05) is 0 Å². The predicted molar refractivity (Wildman–Crippen MR) is 67.0 cm³/mol. The van der Waals surface area contributed by atoms with Crippen LogP contribution >= 0.6 is 0 Å². The second-order valence-electron chi connectivity index (χ2n) is 3.66. The summed E-state index contributed by atoms with van der Waals surface area (Å²) in [6, 6.07) is 3.70. The van der Waals surface area contributed by atoms with Crippen LogP contribution in [0.4, 0.5) is 14.5 Å². The molecule has 0 spiro atoms. The Morgan fingerprint density at radius 1 is 1.35 bits per heavy atom. The summed E-state index contributed by atoms with van der Waals surface area (Å²) in [7, 11) is 2.73. The van der Waals surface area contributed by atoms with Crippen LogP contribution in [0.25, 0.3) is 0 Å². The molecule has 0 saturated carbocycles. The minimum atomic E-state index is -3.08. The molecule has 1 amide bonds. The van der Waals surface area contributed by atoms with Crippen molar-refractivity contribution in [1.82, 2.24) is 5.32 Å². The van der Waals surface area contributed by atoms with Crippen LogP contribution in [0.3, 0.4) is 0 Å². The number of hydrogen-bond acceptors (Lipinski definition) is 5. The minimum Gasteiger partial charge on any atom is -0.465 e. The summed E-state index contributed by atoms with van der Waals surface area (Å²) in [5.74, 6) is -1.44. The standard InChI is InChI=1S/C12H14F2N2O4/c1-15-6-10(17)16-8-4-3-7(11(18)19-2)5-9(8)20-12(13)14/h3-5,12,15H,6H2,1-2H3,(H,16,17). The van der Waals surface area contributed by atoms with Gasteiger partial charge in [-0.3, -0.25) is 4.79 Å². The number of amides is 1. The van der Waals surface area contributed by atoms with Crippen molar-refractivity contribution in [3.63, 3.8) is 0 Å². The topological polar surface area (TPSA) is 76.7 Å². The first-order valence-electron chi connectivity index (χ1n) is 5.59. The number of alkyl halides is 2. The normalized spacial score (nSPS) is 10.2. The molecule has 1 aromatic carbocycles. The SMILES string of the molecule is CNCC(=O)Nc1ccc(C(=O)OC)cc1OC(F)F. The van der Waals surface area contributed by atoms with E-state index in [9.17, 15) is 18.4 Å². The highest BCUT2D eigenvalue weighted by atomic mass is 19.3. The zero-order valence-electron chi connectivity index (χ0n) is 10.9. The van der Waals surface area contributed by atoms with E-state index in [1.54, 1.807) is 7.05 Å². The van der Waals surface area contributed by atoms with Gasteiger partial charge in [-0.2, -0.15) is 8.78 Å². The smallest absolute Gasteiger partial charge is 0.387 e. The quantitative estimate of drug-likeness (QED) is 0.770. The summed E-state index contributed by atoms with van der Waals surface area (Å²) in [6.45, 7) is -3.07. The number of carbonyl (C=O) groups excluding carboxylic acids is 2. The number of anilines is 1. The van der Waals surface area contributed by atoms with Crippen molar-refractivity contribution < 1.29 is 27.8 Å². The number of nitrogens with one attached hydrogen (secondary N) is 2. The second kappa shape index (κ2) is 7.39. The lowest BCUT2D eigenvalue weighted by Gasteiger charge is -2.13. The fourth-order valence-electron chi connectivity index (χ4n) is 1.42. The highest BCUT2D eigenvalue weighted by Crippen LogP contribution is 2.27. The molecule has 0 aromatic heterocycles. The predicted octanol–water partition coefficient (Wildman–Crippen LogP) is 1.23. The second-order valence-corrected chi connectivity index (χ2v) is 3.66. The van der Waals surface area contributed by atoms with Crippen molar-refractivity contribution >= 4 is 17.6 Å². The first-order valence-corrected chi connectivity index (χ1v) is 5.59. The Morgan fingerprint density at radius 2 is 2.05 bits per heavy atom. The molecular weight excluding hydrogens is 274 g/mol. The van der Waals surface area contributed by atoms with E-state index in [1.807, 2.05) is 0 Å². The molecule has 0 fully saturated rings. The number of halogens is 2. The van der Waals surface area contributed by atoms with Crippen LogP contribution in [-0.4, -0.2) is 39.2 Å². The number of carbonyl (C=O) groups is 2. The number of benzene rings is 1. The molecule has 0 saturated heterocycles. The fraction of sp³-hybridized carbons (Fsp3) is 0.333. The molecule has 6 nitrogen and oxygen atoms in total. The van der Waals surface area contributed by atoms with Gasteiger partial charge in [-0.1, -0.05) is 0 Å². The number of methoxy groups -OCH3 is 1. The minimum absolute atomic E-state index is 0.00682. The van der Waals surface area contributed by atoms with Crippen molar-refractivity contribution in [3.8, 4) is 5.75 Å². The fourth-order valence-corrected chi connectivity index (χ4v) is 1.42. The number of esters is 1. The third-order valence-electron chi connectivity index (χ3n) is 2.23. The average Bonchev–Trinajstić information content (AvgIpc) is 2.39. The summed E-state index contributed by atoms with van der Waals surface area (Å²) in [5, 5.41) is 5.00. The molecule has 0 heterocycles. The van der Waals surface area contributed by atoms with E-state index in [0.29, 0.717) is 0 Å². The van der Waals surface area contributed by atoms with Gasteiger partial charge in [0.15, 0.2) is 0 Å². The van der Waals surface area contributed by atoms with Gasteiger partial charge < -0.3 is 20.1 Å². The van der Waals surface area contributed by atoms with Crippen LogP contribution < -0.4 is 15.4 Å². The van der Waals surface area contributed by atoms with Crippen LogP contribution in [0.15, 0.2) is 18.2 Å². The molecule has 0 aliphatic carbocycles. The van der Waals surface area contributed by atoms with E-state index in [1.165, 1.54) is 19.2 Å². The van der Waals surface area contributed by atoms with E-state index in [4.69, 9.17) is 0 Å². The summed E-state index contributed by atoms with van der Waals surface area (Å²) in [6.07, 6.45) is 0. The van der Waals surface area contributed by atoms with Gasteiger partial charge in [-0.05, 0) is 25.2 Å². The van der Waals surface area contributed by atoms with Crippen molar-refractivity contribution in [2.24, 2.45) is 0 Å². The number of hydrogen-bond donors (Lipinski definition) is 2. The Hall–Kier alpha value is -2.22. The monoisotopic (exact) mass is 288 g/mol. The maximum atomic E-state index is 12.3. The zero-order chi connectivity index (χ0) is 15.1. The van der Waals surface area contributed by atoms with Gasteiger partial charge in [0.05, 0.1) is 24.9 Å². The maximum absolute atomic E-state index is 12.3. The molecule has 20 heavy (non-hydrogen) atoms. The molecular formula is C12H14F2N2O4. The molecule has 0 aliphatic rings. The lowest BCUT2D eigenvalue weighted by molar-refractivity contribution is -0.115. The van der Waals surface area contributed by atoms with E-state index in [2.05, 4.69) is 20.1 Å². The Labute approximate surface area is 114 Å². The lowest BCUT2D eigenvalue weighted by atomic mass is 10.2. The third-order valence-corrected chi connectivity index (χ3v) is 2.23. The van der Waals surface area contributed by atoms with Crippen molar-refractivity contribution in [2.45, 2.75) is 6.61 Å². The Kier molecular flexibility index (Phi) is 5.85. The first-order chi connectivity index (χ1) is 9.47. The zero-order valence-corrected chi connectivity index (χ0v) is 10.9. The van der Waals surface area contributed by atoms with Gasteiger partial charge in [0.2, 0.25) is 5.91 Å². The lowest BCUT2D eigenvalue weighted by Crippen LogP contribution is -2.25. The largest absolute Gasteiger partial charge is 0.465 e. The molecule has 0 bridgehead atoms. The van der Waals surface area contributed by atoms with Crippen LogP contribution in [0, 0.1) is 0 Å². The third kappa shape index (κ3) is 4.47. The molecule has 2 N–H and O–H groups in total. The van der Waals surface area contributed by atoms with Gasteiger partial charge in [0.1, 0.15) is 5.75 Å². The molecule has 0 aliphatic heterocycles. The van der Waals surface area contributed by atoms with E-state index in [-0.39, 0.29) is 23.5 Å². The first kappa shape index (κ1) is 15.8. The molecule has 0 radical (unpaired) electrons. The Morgan fingerprint density at radius 3 is 2.60 bits per heavy atom. The number of rotatable bonds is 6. The number of ether oxygens (including phenoxy) is 2. The van der Waals surface area contributed by atoms with Gasteiger partial charge >= 0.3 is 12.6 Å². The summed E-state index contributed by atoms with van der Waals surface area (Å²) >= 11 is 0. The van der Waals surface area contributed by atoms with Gasteiger partial charge in [0.25, 0.3) is 0 Å². The number of likely N-dealkylation sites (N-methyl/N-ethyl adjacent to an activating group) is 1. The molecule has 0 atom stereocenters. The van der Waals surface area contributed by atoms with Crippen molar-refractivity contribution in [1.29, 1.82) is 0 Å². The van der Waals surface area contributed by atoms with Crippen LogP contribution in [0.2, 0.25) is 0 Å². The maximum Gasteiger partial charge on any atom is 0.387 e. The highest BCUT2D eigenvalue weighted by molar-refractivity contribution is 5.95. The highest BCUT2D eigenvalue weighted by Gasteiger charge is 2.15. The molecule has 0 unspecified atom stereocenters. The summed E-state index contributed by atoms with van der Waals surface area (Å²) < 4.78 is 33.4. The molecule has 110 valence electrons. The van der Waals surface area contributed by atoms with E-state index < -0.39 is 18.5 Å².